The first-order valence-corrected chi connectivity index (χ1v) is 6.81. The molecule has 0 spiro atoms. The first-order chi connectivity index (χ1) is 9.38. The van der Waals surface area contributed by atoms with Crippen LogP contribution in [0.25, 0.3) is 0 Å². The van der Waals surface area contributed by atoms with Gasteiger partial charge in [0.15, 0.2) is 0 Å². The summed E-state index contributed by atoms with van der Waals surface area (Å²) in [4.78, 5) is 9.22. The molecular formula is C12H9NNaO6S. The third-order valence-corrected chi connectivity index (χ3v) is 3.26. The van der Waals surface area contributed by atoms with E-state index in [1.807, 2.05) is 0 Å². The van der Waals surface area contributed by atoms with Gasteiger partial charge >= 0.3 is 0 Å². The summed E-state index contributed by atoms with van der Waals surface area (Å²) in [5, 5.41) is 10.6. The summed E-state index contributed by atoms with van der Waals surface area (Å²) in [7, 11) is -4.64. The van der Waals surface area contributed by atoms with Gasteiger partial charge in [-0.15, -0.1) is 0 Å². The van der Waals surface area contributed by atoms with E-state index >= 15 is 0 Å². The zero-order valence-corrected chi connectivity index (χ0v) is 13.8. The average molecular weight is 318 g/mol. The van der Waals surface area contributed by atoms with Crippen LogP contribution >= 0.6 is 0 Å². The fourth-order valence-electron chi connectivity index (χ4n) is 1.51. The van der Waals surface area contributed by atoms with Gasteiger partial charge < -0.3 is 4.74 Å². The average Bonchev–Trinajstić information content (AvgIpc) is 2.39. The molecule has 0 aliphatic carbocycles. The van der Waals surface area contributed by atoms with Gasteiger partial charge in [-0.3, -0.25) is 14.7 Å². The van der Waals surface area contributed by atoms with Gasteiger partial charge in [0.1, 0.15) is 16.4 Å². The van der Waals surface area contributed by atoms with Crippen molar-refractivity contribution >= 4 is 45.4 Å². The van der Waals surface area contributed by atoms with E-state index in [0.717, 1.165) is 18.2 Å². The monoisotopic (exact) mass is 318 g/mol. The molecule has 0 bridgehead atoms. The van der Waals surface area contributed by atoms with E-state index in [0.29, 0.717) is 5.75 Å². The molecule has 0 fully saturated rings. The Bertz CT molecular complexity index is 748. The zero-order valence-electron chi connectivity index (χ0n) is 11.0. The molecule has 1 radical (unpaired) electrons. The van der Waals surface area contributed by atoms with Crippen molar-refractivity contribution in [3.05, 3.63) is 58.6 Å². The van der Waals surface area contributed by atoms with Gasteiger partial charge in [-0.2, -0.15) is 8.42 Å². The molecule has 0 heterocycles. The Morgan fingerprint density at radius 3 is 2.24 bits per heavy atom. The number of ether oxygens (including phenoxy) is 1. The molecule has 2 aromatic rings. The number of benzene rings is 2. The van der Waals surface area contributed by atoms with Crippen molar-refractivity contribution in [1.82, 2.24) is 0 Å². The summed E-state index contributed by atoms with van der Waals surface area (Å²) >= 11 is 0. The van der Waals surface area contributed by atoms with Gasteiger partial charge in [-0.25, -0.2) is 0 Å². The van der Waals surface area contributed by atoms with Crippen molar-refractivity contribution in [3.8, 4) is 11.5 Å². The molecule has 0 saturated carbocycles. The van der Waals surface area contributed by atoms with Crippen LogP contribution in [0, 0.1) is 10.1 Å². The van der Waals surface area contributed by atoms with Gasteiger partial charge in [-0.1, -0.05) is 18.2 Å². The minimum Gasteiger partial charge on any atom is -0.456 e. The minimum atomic E-state index is -4.64. The Labute approximate surface area is 142 Å². The number of nitrogens with zero attached hydrogens (tertiary/aromatic N) is 1. The zero-order chi connectivity index (χ0) is 14.8. The molecule has 9 heteroatoms. The van der Waals surface area contributed by atoms with Crippen LogP contribution in [0.4, 0.5) is 5.69 Å². The van der Waals surface area contributed by atoms with Crippen LogP contribution in [-0.4, -0.2) is 47.5 Å². The molecule has 0 saturated heterocycles. The Balaban J connectivity index is 0.00000220. The molecule has 0 unspecified atom stereocenters. The van der Waals surface area contributed by atoms with Crippen LogP contribution in [0.1, 0.15) is 0 Å². The molecule has 1 N–H and O–H groups in total. The molecule has 0 aromatic heterocycles. The minimum absolute atomic E-state index is 0. The van der Waals surface area contributed by atoms with E-state index in [9.17, 15) is 18.5 Å². The number of hydrogen-bond acceptors (Lipinski definition) is 5. The molecule has 0 atom stereocenters. The maximum atomic E-state index is 11.3. The quantitative estimate of drug-likeness (QED) is 0.401. The van der Waals surface area contributed by atoms with Gasteiger partial charge in [0.25, 0.3) is 15.8 Å². The standard InChI is InChI=1S/C12H9NO6S.Na/c14-13(15)9-6-7-11(12(8-9)20(16,17)18)19-10-4-2-1-3-5-10;/h1-8H,(H,16,17,18);. The Kier molecular flexibility index (Phi) is 5.87. The molecule has 105 valence electrons. The number of rotatable bonds is 4. The normalized spacial score (nSPS) is 10.5. The third-order valence-electron chi connectivity index (χ3n) is 2.39. The van der Waals surface area contributed by atoms with Gasteiger partial charge in [0, 0.05) is 41.7 Å². The number of para-hydroxylation sites is 1. The van der Waals surface area contributed by atoms with Gasteiger partial charge in [-0.05, 0) is 18.2 Å². The van der Waals surface area contributed by atoms with Crippen LogP contribution in [0.15, 0.2) is 53.4 Å². The van der Waals surface area contributed by atoms with Crippen molar-refractivity contribution in [2.75, 3.05) is 0 Å². The molecule has 2 rings (SSSR count). The summed E-state index contributed by atoms with van der Waals surface area (Å²) in [6, 6.07) is 11.2. The van der Waals surface area contributed by atoms with Crippen molar-refractivity contribution in [2.45, 2.75) is 4.90 Å². The number of hydrogen-bond donors (Lipinski definition) is 1. The van der Waals surface area contributed by atoms with Crippen molar-refractivity contribution < 1.29 is 22.6 Å². The van der Waals surface area contributed by atoms with E-state index < -0.39 is 25.6 Å². The maximum absolute atomic E-state index is 11.3. The smallest absolute Gasteiger partial charge is 0.298 e. The number of non-ortho nitro benzene ring substituents is 1. The molecule has 21 heavy (non-hydrogen) atoms. The second-order valence-electron chi connectivity index (χ2n) is 3.78. The van der Waals surface area contributed by atoms with Crippen LogP contribution in [0.3, 0.4) is 0 Å². The largest absolute Gasteiger partial charge is 0.456 e. The first-order valence-electron chi connectivity index (χ1n) is 5.37. The topological polar surface area (TPSA) is 107 Å². The predicted molar refractivity (Wildman–Crippen MR) is 75.2 cm³/mol. The number of nitro benzene ring substituents is 1. The molecule has 0 amide bonds. The van der Waals surface area contributed by atoms with E-state index in [-0.39, 0.29) is 35.3 Å². The van der Waals surface area contributed by atoms with E-state index in [1.54, 1.807) is 30.3 Å². The first kappa shape index (κ1) is 17.6. The van der Waals surface area contributed by atoms with Crippen LogP contribution in [0.2, 0.25) is 0 Å². The Morgan fingerprint density at radius 1 is 1.10 bits per heavy atom. The molecule has 0 aliphatic rings. The van der Waals surface area contributed by atoms with Crippen molar-refractivity contribution in [2.24, 2.45) is 0 Å². The van der Waals surface area contributed by atoms with Gasteiger partial charge in [0.05, 0.1) is 4.92 Å². The Hall–Kier alpha value is -1.45. The van der Waals surface area contributed by atoms with Crippen LogP contribution < -0.4 is 4.74 Å². The van der Waals surface area contributed by atoms with Gasteiger partial charge in [0.2, 0.25) is 0 Å². The van der Waals surface area contributed by atoms with Crippen LogP contribution in [0.5, 0.6) is 11.5 Å². The van der Waals surface area contributed by atoms with E-state index in [1.165, 1.54) is 0 Å². The SMILES string of the molecule is O=[N+]([O-])c1ccc(Oc2ccccc2)c(S(=O)(=O)O)c1.[Na]. The maximum Gasteiger partial charge on any atom is 0.298 e. The second-order valence-corrected chi connectivity index (χ2v) is 5.17. The summed E-state index contributed by atoms with van der Waals surface area (Å²) in [5.41, 5.74) is -0.460. The fraction of sp³-hybridized carbons (Fsp3) is 0. The molecule has 7 nitrogen and oxygen atoms in total. The third kappa shape index (κ3) is 4.51. The molecule has 2 aromatic carbocycles. The molecular weight excluding hydrogens is 309 g/mol. The second kappa shape index (κ2) is 7.01. The predicted octanol–water partition coefficient (Wildman–Crippen LogP) is 2.25. The van der Waals surface area contributed by atoms with E-state index in [2.05, 4.69) is 0 Å². The van der Waals surface area contributed by atoms with E-state index in [4.69, 9.17) is 9.29 Å². The Morgan fingerprint density at radius 2 is 1.71 bits per heavy atom. The summed E-state index contributed by atoms with van der Waals surface area (Å²) < 4.78 is 37.0. The summed E-state index contributed by atoms with van der Waals surface area (Å²) in [6.45, 7) is 0. The van der Waals surface area contributed by atoms with Crippen molar-refractivity contribution in [1.29, 1.82) is 0 Å². The summed E-state index contributed by atoms with van der Waals surface area (Å²) in [5.74, 6) is 0.149. The number of nitro groups is 1. The van der Waals surface area contributed by atoms with Crippen LogP contribution in [-0.2, 0) is 10.1 Å². The fourth-order valence-corrected chi connectivity index (χ4v) is 2.15. The summed E-state index contributed by atoms with van der Waals surface area (Å²) in [6.07, 6.45) is 0. The van der Waals surface area contributed by atoms with Crippen molar-refractivity contribution in [3.63, 3.8) is 0 Å². The molecule has 0 aliphatic heterocycles.